The first kappa shape index (κ1) is 13.8. The smallest absolute Gasteiger partial charge is 0.0774 e. The van der Waals surface area contributed by atoms with Gasteiger partial charge in [-0.15, -0.1) is 0 Å². The summed E-state index contributed by atoms with van der Waals surface area (Å²) in [6.07, 6.45) is 6.32. The third kappa shape index (κ3) is 2.97. The van der Waals surface area contributed by atoms with Crippen molar-refractivity contribution in [3.63, 3.8) is 0 Å². The lowest BCUT2D eigenvalue weighted by Gasteiger charge is -2.46. The molecule has 0 unspecified atom stereocenters. The second kappa shape index (κ2) is 5.32. The summed E-state index contributed by atoms with van der Waals surface area (Å²) in [6.45, 7) is 5.98. The summed E-state index contributed by atoms with van der Waals surface area (Å²) in [7, 11) is 0. The van der Waals surface area contributed by atoms with E-state index in [0.717, 1.165) is 45.4 Å². The lowest BCUT2D eigenvalue weighted by molar-refractivity contribution is -0.0542. The fourth-order valence-electron chi connectivity index (χ4n) is 4.24. The van der Waals surface area contributed by atoms with E-state index in [0.29, 0.717) is 12.1 Å². The van der Waals surface area contributed by atoms with Crippen LogP contribution in [-0.2, 0) is 0 Å². The first-order valence-electron chi connectivity index (χ1n) is 7.94. The number of rotatable bonds is 2. The van der Waals surface area contributed by atoms with Crippen LogP contribution in [0.4, 0.5) is 0 Å². The van der Waals surface area contributed by atoms with E-state index < -0.39 is 5.60 Å². The maximum absolute atomic E-state index is 10.7. The summed E-state index contributed by atoms with van der Waals surface area (Å²) >= 11 is 0. The molecule has 0 aromatic heterocycles. The molecule has 4 heteroatoms. The van der Waals surface area contributed by atoms with Crippen molar-refractivity contribution in [1.29, 1.82) is 0 Å². The van der Waals surface area contributed by atoms with Gasteiger partial charge in [0.1, 0.15) is 0 Å². The highest BCUT2D eigenvalue weighted by molar-refractivity contribution is 4.96. The summed E-state index contributed by atoms with van der Waals surface area (Å²) in [4.78, 5) is 4.89. The second-order valence-corrected chi connectivity index (χ2v) is 7.06. The maximum atomic E-state index is 10.7. The zero-order valence-electron chi connectivity index (χ0n) is 12.1. The fraction of sp³-hybridized carbons (Fsp3) is 1.00. The van der Waals surface area contributed by atoms with Crippen LogP contribution in [-0.4, -0.2) is 70.0 Å². The van der Waals surface area contributed by atoms with Gasteiger partial charge >= 0.3 is 0 Å². The Kier molecular flexibility index (Phi) is 3.87. The lowest BCUT2D eigenvalue weighted by Crippen LogP contribution is -2.58. The van der Waals surface area contributed by atoms with Gasteiger partial charge in [-0.2, -0.15) is 0 Å². The van der Waals surface area contributed by atoms with Crippen molar-refractivity contribution < 1.29 is 10.2 Å². The van der Waals surface area contributed by atoms with Crippen molar-refractivity contribution in [1.82, 2.24) is 9.80 Å². The highest BCUT2D eigenvalue weighted by atomic mass is 16.3. The molecule has 19 heavy (non-hydrogen) atoms. The molecule has 1 aliphatic carbocycles. The van der Waals surface area contributed by atoms with Crippen molar-refractivity contribution in [3.8, 4) is 0 Å². The van der Waals surface area contributed by atoms with Crippen molar-refractivity contribution in [2.75, 3.05) is 26.2 Å². The monoisotopic (exact) mass is 268 g/mol. The molecule has 0 spiro atoms. The number of nitrogens with zero attached hydrogens (tertiary/aromatic N) is 2. The van der Waals surface area contributed by atoms with Crippen LogP contribution in [0.5, 0.6) is 0 Å². The Hall–Kier alpha value is -0.160. The molecule has 0 radical (unpaired) electrons. The molecular weight excluding hydrogens is 240 g/mol. The van der Waals surface area contributed by atoms with Crippen LogP contribution in [0.25, 0.3) is 0 Å². The van der Waals surface area contributed by atoms with Crippen LogP contribution in [0.2, 0.25) is 0 Å². The molecule has 0 aromatic carbocycles. The summed E-state index contributed by atoms with van der Waals surface area (Å²) in [5, 5.41) is 20.5. The van der Waals surface area contributed by atoms with Gasteiger partial charge in [-0.25, -0.2) is 0 Å². The van der Waals surface area contributed by atoms with E-state index in [1.165, 1.54) is 19.3 Å². The van der Waals surface area contributed by atoms with Crippen LogP contribution in [0.3, 0.4) is 0 Å². The van der Waals surface area contributed by atoms with Gasteiger partial charge < -0.3 is 10.2 Å². The molecule has 3 fully saturated rings. The van der Waals surface area contributed by atoms with Gasteiger partial charge in [-0.05, 0) is 26.2 Å². The molecule has 4 nitrogen and oxygen atoms in total. The van der Waals surface area contributed by atoms with Crippen molar-refractivity contribution in [2.24, 2.45) is 0 Å². The minimum atomic E-state index is -0.452. The van der Waals surface area contributed by atoms with Gasteiger partial charge in [-0.1, -0.05) is 19.3 Å². The van der Waals surface area contributed by atoms with E-state index >= 15 is 0 Å². The third-order valence-corrected chi connectivity index (χ3v) is 5.35. The summed E-state index contributed by atoms with van der Waals surface area (Å²) in [5.41, 5.74) is -0.452. The van der Waals surface area contributed by atoms with Crippen molar-refractivity contribution in [2.45, 2.75) is 69.2 Å². The minimum Gasteiger partial charge on any atom is -0.392 e. The molecule has 3 atom stereocenters. The number of β-amino-alcohol motifs (C(OH)–C–C–N with tert-alkyl or cyclic N) is 1. The van der Waals surface area contributed by atoms with E-state index in [-0.39, 0.29) is 6.10 Å². The first-order chi connectivity index (χ1) is 9.06. The Morgan fingerprint density at radius 1 is 1.11 bits per heavy atom. The molecule has 2 aliphatic heterocycles. The highest BCUT2D eigenvalue weighted by Gasteiger charge is 2.41. The zero-order chi connectivity index (χ0) is 13.5. The van der Waals surface area contributed by atoms with Crippen molar-refractivity contribution >= 4 is 0 Å². The van der Waals surface area contributed by atoms with E-state index in [1.54, 1.807) is 0 Å². The second-order valence-electron chi connectivity index (χ2n) is 7.06. The minimum absolute atomic E-state index is 0.144. The fourth-order valence-corrected chi connectivity index (χ4v) is 4.24. The molecule has 2 N–H and O–H groups in total. The van der Waals surface area contributed by atoms with Gasteiger partial charge in [0.2, 0.25) is 0 Å². The average molecular weight is 268 g/mol. The average Bonchev–Trinajstić information content (AvgIpc) is 2.69. The van der Waals surface area contributed by atoms with Crippen LogP contribution >= 0.6 is 0 Å². The lowest BCUT2D eigenvalue weighted by atomic mass is 9.84. The third-order valence-electron chi connectivity index (χ3n) is 5.35. The molecule has 2 heterocycles. The van der Waals surface area contributed by atoms with Crippen LogP contribution in [0.15, 0.2) is 0 Å². The zero-order valence-corrected chi connectivity index (χ0v) is 12.1. The van der Waals surface area contributed by atoms with Gasteiger partial charge in [0, 0.05) is 38.3 Å². The van der Waals surface area contributed by atoms with Crippen LogP contribution in [0, 0.1) is 0 Å². The number of piperazine rings is 1. The Bertz CT molecular complexity index is 317. The normalized spacial score (nSPS) is 40.3. The van der Waals surface area contributed by atoms with Crippen molar-refractivity contribution in [3.05, 3.63) is 0 Å². The Balaban J connectivity index is 1.61. The Morgan fingerprint density at radius 3 is 2.58 bits per heavy atom. The number of hydrogen-bond donors (Lipinski definition) is 2. The van der Waals surface area contributed by atoms with Gasteiger partial charge in [0.05, 0.1) is 11.7 Å². The molecule has 0 aromatic rings. The van der Waals surface area contributed by atoms with E-state index in [2.05, 4.69) is 16.7 Å². The summed E-state index contributed by atoms with van der Waals surface area (Å²) in [5.74, 6) is 0. The van der Waals surface area contributed by atoms with Gasteiger partial charge in [-0.3, -0.25) is 9.80 Å². The Morgan fingerprint density at radius 2 is 1.84 bits per heavy atom. The molecule has 0 bridgehead atoms. The topological polar surface area (TPSA) is 46.9 Å². The number of fused-ring (bicyclic) bond motifs is 1. The quantitative estimate of drug-likeness (QED) is 0.778. The predicted octanol–water partition coefficient (Wildman–Crippen LogP) is 0.821. The number of aliphatic hydroxyl groups excluding tert-OH is 1. The summed E-state index contributed by atoms with van der Waals surface area (Å²) in [6, 6.07) is 0.992. The molecule has 3 rings (SSSR count). The highest BCUT2D eigenvalue weighted by Crippen LogP contribution is 2.32. The Labute approximate surface area is 116 Å². The molecule has 110 valence electrons. The van der Waals surface area contributed by atoms with E-state index in [9.17, 15) is 10.2 Å². The molecule has 3 aliphatic rings. The van der Waals surface area contributed by atoms with E-state index in [1.807, 2.05) is 0 Å². The molecule has 2 saturated heterocycles. The summed E-state index contributed by atoms with van der Waals surface area (Å²) < 4.78 is 0. The van der Waals surface area contributed by atoms with Crippen LogP contribution < -0.4 is 0 Å². The standard InChI is InChI=1S/C15H28N2O2/c1-12-8-16-10-14(18)7-13(16)9-17(12)11-15(19)5-3-2-4-6-15/h12-14,18-19H,2-11H2,1H3/t12-,13+,14+/m0/s1. The number of aliphatic hydroxyl groups is 2. The molecule has 1 saturated carbocycles. The van der Waals surface area contributed by atoms with Gasteiger partial charge in [0.25, 0.3) is 0 Å². The van der Waals surface area contributed by atoms with Crippen LogP contribution in [0.1, 0.15) is 45.4 Å². The maximum Gasteiger partial charge on any atom is 0.0774 e. The van der Waals surface area contributed by atoms with Gasteiger partial charge in [0.15, 0.2) is 0 Å². The predicted molar refractivity (Wildman–Crippen MR) is 75.1 cm³/mol. The van der Waals surface area contributed by atoms with E-state index in [4.69, 9.17) is 0 Å². The molecular formula is C15H28N2O2. The molecule has 0 amide bonds. The first-order valence-corrected chi connectivity index (χ1v) is 7.94. The largest absolute Gasteiger partial charge is 0.392 e. The number of hydrogen-bond acceptors (Lipinski definition) is 4. The SMILES string of the molecule is C[C@H]1CN2C[C@H](O)C[C@@H]2CN1CC1(O)CCCCC1.